The molecule has 0 saturated carbocycles. The van der Waals surface area contributed by atoms with Crippen LogP contribution in [0.15, 0.2) is 0 Å². The van der Waals surface area contributed by atoms with Gasteiger partial charge in [0.05, 0.1) is 13.0 Å². The Morgan fingerprint density at radius 1 is 1.30 bits per heavy atom. The average Bonchev–Trinajstić information content (AvgIpc) is 2.40. The number of carboxylic acid groups (broad SMARTS) is 1. The van der Waals surface area contributed by atoms with Gasteiger partial charge in [0.1, 0.15) is 0 Å². The second-order valence-corrected chi connectivity index (χ2v) is 4.53. The Bertz CT molecular complexity index is 333. The molecule has 0 aromatic heterocycles. The molecule has 0 spiro atoms. The summed E-state index contributed by atoms with van der Waals surface area (Å²) in [4.78, 5) is 34.9. The van der Waals surface area contributed by atoms with Gasteiger partial charge in [-0.3, -0.25) is 9.59 Å². The largest absolute Gasteiger partial charge is 0.481 e. The molecule has 0 rings (SSSR count). The molecule has 7 nitrogen and oxygen atoms in total. The Morgan fingerprint density at radius 2 is 1.95 bits per heavy atom. The maximum absolute atomic E-state index is 11.7. The van der Waals surface area contributed by atoms with E-state index in [9.17, 15) is 14.4 Å². The Labute approximate surface area is 119 Å². The lowest BCUT2D eigenvalue weighted by Crippen LogP contribution is -2.40. The molecular weight excluding hydrogens is 264 g/mol. The van der Waals surface area contributed by atoms with Gasteiger partial charge in [-0.1, -0.05) is 13.3 Å². The molecule has 0 heterocycles. The van der Waals surface area contributed by atoms with E-state index < -0.39 is 5.97 Å². The smallest absolute Gasteiger partial charge is 0.317 e. The third-order valence-corrected chi connectivity index (χ3v) is 2.89. The number of nitrogens with one attached hydrogen (secondary N) is 1. The van der Waals surface area contributed by atoms with Crippen molar-refractivity contribution >= 4 is 18.0 Å². The van der Waals surface area contributed by atoms with E-state index in [1.54, 1.807) is 14.0 Å². The number of carboxylic acids is 1. The van der Waals surface area contributed by atoms with Crippen LogP contribution in [0, 0.1) is 5.92 Å². The van der Waals surface area contributed by atoms with Crippen molar-refractivity contribution in [2.24, 2.45) is 5.92 Å². The van der Waals surface area contributed by atoms with Gasteiger partial charge < -0.3 is 20.1 Å². The van der Waals surface area contributed by atoms with Gasteiger partial charge in [-0.05, 0) is 12.8 Å². The third-order valence-electron chi connectivity index (χ3n) is 2.89. The molecule has 20 heavy (non-hydrogen) atoms. The lowest BCUT2D eigenvalue weighted by Gasteiger charge is -2.19. The van der Waals surface area contributed by atoms with Crippen molar-refractivity contribution in [3.05, 3.63) is 0 Å². The van der Waals surface area contributed by atoms with Gasteiger partial charge in [0.25, 0.3) is 0 Å². The molecule has 0 aliphatic rings. The second-order valence-electron chi connectivity index (χ2n) is 4.53. The van der Waals surface area contributed by atoms with Crippen LogP contribution in [0.5, 0.6) is 0 Å². The summed E-state index contributed by atoms with van der Waals surface area (Å²) in [6.45, 7) is 4.50. The molecule has 1 unspecified atom stereocenters. The van der Waals surface area contributed by atoms with Gasteiger partial charge in [0, 0.05) is 26.6 Å². The summed E-state index contributed by atoms with van der Waals surface area (Å²) >= 11 is 0. The Hall–Kier alpha value is -1.79. The number of rotatable bonds is 9. The molecule has 2 N–H and O–H groups in total. The van der Waals surface area contributed by atoms with E-state index in [4.69, 9.17) is 9.84 Å². The number of aliphatic carboxylic acids is 1. The highest BCUT2D eigenvalue weighted by Crippen LogP contribution is 2.06. The van der Waals surface area contributed by atoms with Crippen molar-refractivity contribution in [3.63, 3.8) is 0 Å². The zero-order valence-electron chi connectivity index (χ0n) is 12.3. The van der Waals surface area contributed by atoms with E-state index >= 15 is 0 Å². The standard InChI is InChI=1S/C13H24N2O5/c1-4-10(8-11(16)17)9-14-13(19)15(3)7-6-12(18)20-5-2/h10H,4-9H2,1-3H3,(H,14,19)(H,16,17). The Kier molecular flexibility index (Phi) is 9.15. The van der Waals surface area contributed by atoms with E-state index in [2.05, 4.69) is 5.32 Å². The first kappa shape index (κ1) is 18.2. The van der Waals surface area contributed by atoms with Gasteiger partial charge in [-0.2, -0.15) is 0 Å². The highest BCUT2D eigenvalue weighted by molar-refractivity contribution is 5.75. The minimum Gasteiger partial charge on any atom is -0.481 e. The molecule has 0 aromatic carbocycles. The number of ether oxygens (including phenoxy) is 1. The van der Waals surface area contributed by atoms with Crippen LogP contribution >= 0.6 is 0 Å². The molecule has 2 amide bonds. The second kappa shape index (κ2) is 10.1. The van der Waals surface area contributed by atoms with Crippen LogP contribution in [0.1, 0.15) is 33.1 Å². The predicted molar refractivity (Wildman–Crippen MR) is 73.3 cm³/mol. The molecule has 0 aromatic rings. The molecule has 0 saturated heterocycles. The molecule has 0 bridgehead atoms. The number of carbonyl (C=O) groups excluding carboxylic acids is 2. The number of urea groups is 1. The van der Waals surface area contributed by atoms with E-state index in [1.165, 1.54) is 4.90 Å². The number of hydrogen-bond donors (Lipinski definition) is 2. The van der Waals surface area contributed by atoms with Gasteiger partial charge in [0.15, 0.2) is 0 Å². The fourth-order valence-corrected chi connectivity index (χ4v) is 1.57. The van der Waals surface area contributed by atoms with Gasteiger partial charge in [0.2, 0.25) is 0 Å². The molecule has 7 heteroatoms. The maximum atomic E-state index is 11.7. The summed E-state index contributed by atoms with van der Waals surface area (Å²) < 4.78 is 4.77. The summed E-state index contributed by atoms with van der Waals surface area (Å²) in [5.74, 6) is -1.30. The minimum atomic E-state index is -0.873. The number of amides is 2. The van der Waals surface area contributed by atoms with Crippen LogP contribution in [0.3, 0.4) is 0 Å². The van der Waals surface area contributed by atoms with Crippen molar-refractivity contribution in [1.29, 1.82) is 0 Å². The molecule has 116 valence electrons. The molecular formula is C13H24N2O5. The number of esters is 1. The molecule has 1 atom stereocenters. The van der Waals surface area contributed by atoms with E-state index in [-0.39, 0.29) is 37.3 Å². The summed E-state index contributed by atoms with van der Waals surface area (Å²) in [6, 6.07) is -0.321. The van der Waals surface area contributed by atoms with Crippen molar-refractivity contribution in [2.75, 3.05) is 26.7 Å². The van der Waals surface area contributed by atoms with Crippen molar-refractivity contribution in [2.45, 2.75) is 33.1 Å². The maximum Gasteiger partial charge on any atom is 0.317 e. The van der Waals surface area contributed by atoms with E-state index in [0.29, 0.717) is 19.6 Å². The number of carbonyl (C=O) groups is 3. The van der Waals surface area contributed by atoms with Crippen LogP contribution in [-0.4, -0.2) is 54.7 Å². The number of nitrogens with zero attached hydrogens (tertiary/aromatic N) is 1. The third kappa shape index (κ3) is 8.34. The Morgan fingerprint density at radius 3 is 2.45 bits per heavy atom. The topological polar surface area (TPSA) is 95.9 Å². The van der Waals surface area contributed by atoms with Gasteiger partial charge in [-0.25, -0.2) is 4.79 Å². The molecule has 0 aliphatic carbocycles. The van der Waals surface area contributed by atoms with Crippen LogP contribution < -0.4 is 5.32 Å². The van der Waals surface area contributed by atoms with Crippen LogP contribution in [0.25, 0.3) is 0 Å². The zero-order chi connectivity index (χ0) is 15.5. The van der Waals surface area contributed by atoms with Crippen molar-refractivity contribution in [1.82, 2.24) is 10.2 Å². The first-order valence-electron chi connectivity index (χ1n) is 6.77. The summed E-state index contributed by atoms with van der Waals surface area (Å²) in [6.07, 6.45) is 0.854. The normalized spacial score (nSPS) is 11.6. The van der Waals surface area contributed by atoms with E-state index in [1.807, 2.05) is 6.92 Å². The predicted octanol–water partition coefficient (Wildman–Crippen LogP) is 1.08. The molecule has 0 fully saturated rings. The quantitative estimate of drug-likeness (QED) is 0.619. The first-order valence-corrected chi connectivity index (χ1v) is 6.77. The summed E-state index contributed by atoms with van der Waals surface area (Å²) in [5.41, 5.74) is 0. The minimum absolute atomic E-state index is 0.0311. The van der Waals surface area contributed by atoms with Crippen molar-refractivity contribution in [3.8, 4) is 0 Å². The summed E-state index contributed by atoms with van der Waals surface area (Å²) in [7, 11) is 1.58. The average molecular weight is 288 g/mol. The first-order chi connectivity index (χ1) is 9.40. The molecule has 0 radical (unpaired) electrons. The monoisotopic (exact) mass is 288 g/mol. The van der Waals surface area contributed by atoms with Gasteiger partial charge in [-0.15, -0.1) is 0 Å². The summed E-state index contributed by atoms with van der Waals surface area (Å²) in [5, 5.41) is 11.4. The zero-order valence-corrected chi connectivity index (χ0v) is 12.3. The molecule has 0 aliphatic heterocycles. The fourth-order valence-electron chi connectivity index (χ4n) is 1.57. The van der Waals surface area contributed by atoms with Crippen LogP contribution in [0.2, 0.25) is 0 Å². The highest BCUT2D eigenvalue weighted by atomic mass is 16.5. The SMILES string of the molecule is CCOC(=O)CCN(C)C(=O)NCC(CC)CC(=O)O. The lowest BCUT2D eigenvalue weighted by atomic mass is 10.0. The highest BCUT2D eigenvalue weighted by Gasteiger charge is 2.15. The van der Waals surface area contributed by atoms with Crippen LogP contribution in [-0.2, 0) is 14.3 Å². The van der Waals surface area contributed by atoms with E-state index in [0.717, 1.165) is 0 Å². The van der Waals surface area contributed by atoms with Crippen molar-refractivity contribution < 1.29 is 24.2 Å². The van der Waals surface area contributed by atoms with Gasteiger partial charge >= 0.3 is 18.0 Å². The number of hydrogen-bond acceptors (Lipinski definition) is 4. The Balaban J connectivity index is 4.00. The fraction of sp³-hybridized carbons (Fsp3) is 0.769. The lowest BCUT2D eigenvalue weighted by molar-refractivity contribution is -0.143. The van der Waals surface area contributed by atoms with Crippen LogP contribution in [0.4, 0.5) is 4.79 Å².